The third-order valence-electron chi connectivity index (χ3n) is 4.68. The molecule has 1 fully saturated rings. The molecule has 3 rings (SSSR count). The van der Waals surface area contributed by atoms with Gasteiger partial charge in [-0.2, -0.15) is 0 Å². The molecule has 0 aliphatic carbocycles. The predicted molar refractivity (Wildman–Crippen MR) is 91.6 cm³/mol. The van der Waals surface area contributed by atoms with Gasteiger partial charge in [0.15, 0.2) is 0 Å². The van der Waals surface area contributed by atoms with Gasteiger partial charge in [-0.1, -0.05) is 6.07 Å². The number of rotatable bonds is 3. The third kappa shape index (κ3) is 3.21. The second-order valence-corrected chi connectivity index (χ2v) is 6.86. The van der Waals surface area contributed by atoms with E-state index < -0.39 is 5.82 Å². The molecule has 1 aromatic heterocycles. The maximum atomic E-state index is 14.1. The molecule has 0 saturated carbocycles. The Morgan fingerprint density at radius 3 is 2.88 bits per heavy atom. The lowest BCUT2D eigenvalue weighted by atomic mass is 9.96. The Bertz CT molecular complexity index is 738. The zero-order valence-corrected chi connectivity index (χ0v) is 14.5. The molecular weight excluding hydrogens is 305 g/mol. The van der Waals surface area contributed by atoms with Crippen LogP contribution in [0.3, 0.4) is 0 Å². The van der Waals surface area contributed by atoms with Gasteiger partial charge in [-0.05, 0) is 51.3 Å². The Morgan fingerprint density at radius 1 is 1.38 bits per heavy atom. The number of halogens is 1. The monoisotopic (exact) mass is 329 g/mol. The SMILES string of the molecule is Cc1ccc(C(=O)N2CCC[C@@H](c3nccn3C(C)C)C2)c(F)c1. The average molecular weight is 329 g/mol. The molecular formula is C19H24FN3O. The fourth-order valence-electron chi connectivity index (χ4n) is 3.41. The van der Waals surface area contributed by atoms with Crippen molar-refractivity contribution >= 4 is 5.91 Å². The molecule has 0 spiro atoms. The fraction of sp³-hybridized carbons (Fsp3) is 0.474. The van der Waals surface area contributed by atoms with E-state index in [0.29, 0.717) is 19.1 Å². The van der Waals surface area contributed by atoms with Crippen molar-refractivity contribution in [3.05, 3.63) is 53.4 Å². The topological polar surface area (TPSA) is 38.1 Å². The predicted octanol–water partition coefficient (Wildman–Crippen LogP) is 3.93. The highest BCUT2D eigenvalue weighted by Gasteiger charge is 2.29. The van der Waals surface area contributed by atoms with Gasteiger partial charge >= 0.3 is 0 Å². The second kappa shape index (κ2) is 6.75. The molecule has 1 aliphatic rings. The summed E-state index contributed by atoms with van der Waals surface area (Å²) in [7, 11) is 0. The van der Waals surface area contributed by atoms with Crippen LogP contribution in [0.25, 0.3) is 0 Å². The van der Waals surface area contributed by atoms with Crippen molar-refractivity contribution in [3.8, 4) is 0 Å². The quantitative estimate of drug-likeness (QED) is 0.856. The van der Waals surface area contributed by atoms with Crippen molar-refractivity contribution in [2.75, 3.05) is 13.1 Å². The molecule has 24 heavy (non-hydrogen) atoms. The van der Waals surface area contributed by atoms with Crippen molar-refractivity contribution in [2.24, 2.45) is 0 Å². The highest BCUT2D eigenvalue weighted by atomic mass is 19.1. The number of carbonyl (C=O) groups is 1. The van der Waals surface area contributed by atoms with Crippen LogP contribution in [-0.2, 0) is 0 Å². The van der Waals surface area contributed by atoms with Gasteiger partial charge in [0.25, 0.3) is 5.91 Å². The first-order valence-corrected chi connectivity index (χ1v) is 8.55. The summed E-state index contributed by atoms with van der Waals surface area (Å²) in [4.78, 5) is 19.0. The van der Waals surface area contributed by atoms with Crippen LogP contribution >= 0.6 is 0 Å². The molecule has 0 radical (unpaired) electrons. The summed E-state index contributed by atoms with van der Waals surface area (Å²) in [5, 5.41) is 0. The van der Waals surface area contributed by atoms with Gasteiger partial charge in [0.05, 0.1) is 5.56 Å². The lowest BCUT2D eigenvalue weighted by molar-refractivity contribution is 0.0698. The Morgan fingerprint density at radius 2 is 2.17 bits per heavy atom. The third-order valence-corrected chi connectivity index (χ3v) is 4.68. The second-order valence-electron chi connectivity index (χ2n) is 6.86. The summed E-state index contributed by atoms with van der Waals surface area (Å²) >= 11 is 0. The lowest BCUT2D eigenvalue weighted by Crippen LogP contribution is -2.40. The van der Waals surface area contributed by atoms with E-state index in [1.165, 1.54) is 6.07 Å². The molecule has 5 heteroatoms. The maximum absolute atomic E-state index is 14.1. The van der Waals surface area contributed by atoms with E-state index >= 15 is 0 Å². The molecule has 128 valence electrons. The molecule has 2 heterocycles. The van der Waals surface area contributed by atoms with Crippen LogP contribution in [0.1, 0.15) is 60.4 Å². The van der Waals surface area contributed by atoms with Gasteiger partial charge in [0, 0.05) is 37.4 Å². The van der Waals surface area contributed by atoms with Gasteiger partial charge in [-0.15, -0.1) is 0 Å². The number of carbonyl (C=O) groups excluding carboxylic acids is 1. The van der Waals surface area contributed by atoms with Gasteiger partial charge in [-0.25, -0.2) is 9.37 Å². The molecule has 1 aliphatic heterocycles. The fourth-order valence-corrected chi connectivity index (χ4v) is 3.41. The normalized spacial score (nSPS) is 18.2. The number of benzene rings is 1. The Kier molecular flexibility index (Phi) is 4.69. The van der Waals surface area contributed by atoms with E-state index in [2.05, 4.69) is 23.4 Å². The molecule has 1 atom stereocenters. The average Bonchev–Trinajstić information content (AvgIpc) is 3.04. The largest absolute Gasteiger partial charge is 0.338 e. The molecule has 4 nitrogen and oxygen atoms in total. The van der Waals surface area contributed by atoms with Gasteiger partial charge < -0.3 is 9.47 Å². The van der Waals surface area contributed by atoms with Crippen LogP contribution in [0.4, 0.5) is 4.39 Å². The number of amides is 1. The highest BCUT2D eigenvalue weighted by Crippen LogP contribution is 2.28. The van der Waals surface area contributed by atoms with Gasteiger partial charge in [0.1, 0.15) is 11.6 Å². The van der Waals surface area contributed by atoms with Crippen LogP contribution < -0.4 is 0 Å². The van der Waals surface area contributed by atoms with E-state index in [9.17, 15) is 9.18 Å². The van der Waals surface area contributed by atoms with Crippen molar-refractivity contribution in [1.82, 2.24) is 14.5 Å². The summed E-state index contributed by atoms with van der Waals surface area (Å²) < 4.78 is 16.3. The van der Waals surface area contributed by atoms with Gasteiger partial charge in [-0.3, -0.25) is 4.79 Å². The number of aromatic nitrogens is 2. The van der Waals surface area contributed by atoms with Crippen molar-refractivity contribution < 1.29 is 9.18 Å². The van der Waals surface area contributed by atoms with E-state index in [1.54, 1.807) is 17.0 Å². The number of nitrogens with zero attached hydrogens (tertiary/aromatic N) is 3. The maximum Gasteiger partial charge on any atom is 0.256 e. The van der Waals surface area contributed by atoms with Crippen LogP contribution in [0.2, 0.25) is 0 Å². The Hall–Kier alpha value is -2.17. The molecule has 2 aromatic rings. The van der Waals surface area contributed by atoms with Crippen LogP contribution in [0.15, 0.2) is 30.6 Å². The van der Waals surface area contributed by atoms with Crippen molar-refractivity contribution in [2.45, 2.75) is 45.6 Å². The van der Waals surface area contributed by atoms with E-state index in [1.807, 2.05) is 19.3 Å². The minimum atomic E-state index is -0.439. The molecule has 1 aromatic carbocycles. The first-order valence-electron chi connectivity index (χ1n) is 8.55. The number of piperidine rings is 1. The summed E-state index contributed by atoms with van der Waals surface area (Å²) in [6.07, 6.45) is 5.72. The summed E-state index contributed by atoms with van der Waals surface area (Å²) in [6.45, 7) is 7.33. The summed E-state index contributed by atoms with van der Waals surface area (Å²) in [6, 6.07) is 5.12. The summed E-state index contributed by atoms with van der Waals surface area (Å²) in [5.74, 6) is 0.561. The smallest absolute Gasteiger partial charge is 0.256 e. The number of hydrogen-bond donors (Lipinski definition) is 0. The molecule has 0 unspecified atom stereocenters. The molecule has 1 amide bonds. The van der Waals surface area contributed by atoms with Crippen molar-refractivity contribution in [3.63, 3.8) is 0 Å². The van der Waals surface area contributed by atoms with Crippen LogP contribution in [0, 0.1) is 12.7 Å². The number of likely N-dealkylation sites (tertiary alicyclic amines) is 1. The first kappa shape index (κ1) is 16.7. The Labute approximate surface area is 142 Å². The van der Waals surface area contributed by atoms with E-state index in [-0.39, 0.29) is 17.4 Å². The van der Waals surface area contributed by atoms with Crippen LogP contribution in [0.5, 0.6) is 0 Å². The number of hydrogen-bond acceptors (Lipinski definition) is 2. The highest BCUT2D eigenvalue weighted by molar-refractivity contribution is 5.94. The first-order chi connectivity index (χ1) is 11.5. The Balaban J connectivity index is 1.80. The minimum absolute atomic E-state index is 0.161. The standard InChI is InChI=1S/C19H24FN3O/c1-13(2)23-10-8-21-18(23)15-5-4-9-22(12-15)19(24)16-7-6-14(3)11-17(16)20/h6-8,10-11,13,15H,4-5,9,12H2,1-3H3/t15-/m1/s1. The minimum Gasteiger partial charge on any atom is -0.338 e. The van der Waals surface area contributed by atoms with E-state index in [4.69, 9.17) is 0 Å². The molecule has 0 N–H and O–H groups in total. The lowest BCUT2D eigenvalue weighted by Gasteiger charge is -2.33. The van der Waals surface area contributed by atoms with E-state index in [0.717, 1.165) is 24.2 Å². The van der Waals surface area contributed by atoms with Gasteiger partial charge in [0.2, 0.25) is 0 Å². The zero-order valence-electron chi connectivity index (χ0n) is 14.5. The molecule has 1 saturated heterocycles. The number of imidazole rings is 1. The van der Waals surface area contributed by atoms with Crippen LogP contribution in [-0.4, -0.2) is 33.4 Å². The van der Waals surface area contributed by atoms with Crippen molar-refractivity contribution in [1.29, 1.82) is 0 Å². The number of aryl methyl sites for hydroxylation is 1. The zero-order chi connectivity index (χ0) is 17.3. The summed E-state index contributed by atoms with van der Waals surface area (Å²) in [5.41, 5.74) is 0.980. The molecule has 0 bridgehead atoms.